The van der Waals surface area contributed by atoms with Gasteiger partial charge in [-0.05, 0) is 98.2 Å². The van der Waals surface area contributed by atoms with Gasteiger partial charge < -0.3 is 86.7 Å². The third kappa shape index (κ3) is 22.3. The van der Waals surface area contributed by atoms with Gasteiger partial charge in [0.25, 0.3) is 0 Å². The number of guanidine groups is 2. The Morgan fingerprint density at radius 1 is 0.630 bits per heavy atom. The van der Waals surface area contributed by atoms with E-state index in [0.29, 0.717) is 23.1 Å². The zero-order chi connectivity index (χ0) is 59.8. The molecule has 27 heteroatoms. The molecule has 0 bridgehead atoms. The molecular formula is C54H78N16O11. The van der Waals surface area contributed by atoms with Crippen molar-refractivity contribution in [2.24, 2.45) is 56.0 Å². The molecule has 21 N–H and O–H groups in total. The highest BCUT2D eigenvalue weighted by atomic mass is 16.3. The molecule has 81 heavy (non-hydrogen) atoms. The number of aromatic hydroxyl groups is 2. The van der Waals surface area contributed by atoms with E-state index in [4.69, 9.17) is 40.1 Å². The van der Waals surface area contributed by atoms with Crippen LogP contribution in [0.4, 0.5) is 0 Å². The third-order valence-corrected chi connectivity index (χ3v) is 13.0. The molecule has 0 aromatic heterocycles. The number of phenols is 2. The first-order chi connectivity index (χ1) is 38.4. The summed E-state index contributed by atoms with van der Waals surface area (Å²) >= 11 is 0. The molecule has 27 nitrogen and oxygen atoms in total. The van der Waals surface area contributed by atoms with Gasteiger partial charge >= 0.3 is 0 Å². The summed E-state index contributed by atoms with van der Waals surface area (Å²) < 4.78 is 0. The molecule has 1 saturated heterocycles. The van der Waals surface area contributed by atoms with Crippen LogP contribution in [-0.4, -0.2) is 154 Å². The molecule has 3 aromatic rings. The van der Waals surface area contributed by atoms with E-state index in [2.05, 4.69) is 36.6 Å². The SMILES string of the molecule is CC(C)C[C@H](NC(=O)[C@H](Cc1ccccc1)NC(=O)[C@@H](N)Cc1ccc(O)cc1)C(=O)N(CC(=O)N[C@@H](CCCN=C(N)N)C(=O)N1CCC[C@H]1C(=O)N[C@@H](CCCN=C(N)N)C(=O)N[C@@H](CC(N)=O)C(N)=O)Cc1ccc(O)cc1. The van der Waals surface area contributed by atoms with E-state index in [1.54, 1.807) is 54.6 Å². The monoisotopic (exact) mass is 1130 g/mol. The van der Waals surface area contributed by atoms with Gasteiger partial charge in [0.1, 0.15) is 47.8 Å². The zero-order valence-corrected chi connectivity index (χ0v) is 45.6. The fourth-order valence-electron chi connectivity index (χ4n) is 8.95. The van der Waals surface area contributed by atoms with E-state index in [1.165, 1.54) is 34.1 Å². The van der Waals surface area contributed by atoms with Crippen molar-refractivity contribution in [1.29, 1.82) is 0 Å². The molecule has 0 aliphatic carbocycles. The molecular weight excluding hydrogens is 1050 g/mol. The van der Waals surface area contributed by atoms with Gasteiger partial charge in [-0.15, -0.1) is 0 Å². The third-order valence-electron chi connectivity index (χ3n) is 13.0. The summed E-state index contributed by atoms with van der Waals surface area (Å²) in [7, 11) is 0. The summed E-state index contributed by atoms with van der Waals surface area (Å²) in [6, 6.07) is 11.9. The highest BCUT2D eigenvalue weighted by molar-refractivity contribution is 5.98. The molecule has 1 aliphatic heterocycles. The quantitative estimate of drug-likeness (QED) is 0.0170. The van der Waals surface area contributed by atoms with E-state index >= 15 is 0 Å². The Kier molecular flexibility index (Phi) is 25.6. The number of amides is 9. The molecule has 7 atom stereocenters. The van der Waals surface area contributed by atoms with Crippen molar-refractivity contribution in [3.63, 3.8) is 0 Å². The maximum absolute atomic E-state index is 15.0. The average molecular weight is 1130 g/mol. The molecule has 0 saturated carbocycles. The van der Waals surface area contributed by atoms with E-state index < -0.39 is 108 Å². The van der Waals surface area contributed by atoms with Gasteiger partial charge in [0.05, 0.1) is 19.0 Å². The molecule has 0 spiro atoms. The Bertz CT molecular complexity index is 2680. The number of nitrogens with two attached hydrogens (primary N) is 7. The first kappa shape index (κ1) is 64.5. The fraction of sp³-hybridized carbons (Fsp3) is 0.463. The normalized spacial score (nSPS) is 15.1. The van der Waals surface area contributed by atoms with Crippen LogP contribution in [-0.2, 0) is 62.5 Å². The minimum Gasteiger partial charge on any atom is -0.508 e. The van der Waals surface area contributed by atoms with E-state index in [1.807, 2.05) is 13.8 Å². The standard InChI is InChI=1S/C54H78N16O11/c1-31(2)25-42(68-49(78)41(27-32-9-4-3-5-10-32)67-47(76)37(55)26-33-14-18-35(71)19-15-33)51(80)69(29-34-16-20-36(72)21-17-34)30-45(74)64-39(12-7-23-63-54(60)61)52(81)70-24-8-13-43(70)50(79)65-38(11-6-22-62-53(58)59)48(77)66-40(46(57)75)28-44(56)73/h3-5,9-10,14-21,31,37-43,71-72H,6-8,11-13,22-30,55H2,1-2H3,(H2,56,73)(H2,57,75)(H,64,74)(H,65,79)(H,66,77)(H,67,76)(H,68,78)(H4,58,59,62)(H4,60,61,63)/t37-,38-,39-,40-,41-,42-,43-/m0/s1. The summed E-state index contributed by atoms with van der Waals surface area (Å²) in [4.78, 5) is 134. The number of hydrogen-bond acceptors (Lipinski definition) is 14. The lowest BCUT2D eigenvalue weighted by atomic mass is 9.99. The Morgan fingerprint density at radius 2 is 1.16 bits per heavy atom. The van der Waals surface area contributed by atoms with Crippen molar-refractivity contribution in [1.82, 2.24) is 36.4 Å². The van der Waals surface area contributed by atoms with Crippen LogP contribution in [0.5, 0.6) is 11.5 Å². The largest absolute Gasteiger partial charge is 0.508 e. The van der Waals surface area contributed by atoms with Gasteiger partial charge in [-0.3, -0.25) is 53.1 Å². The molecule has 440 valence electrons. The lowest BCUT2D eigenvalue weighted by Crippen LogP contribution is -2.59. The summed E-state index contributed by atoms with van der Waals surface area (Å²) in [5.74, 6) is -7.88. The number of likely N-dealkylation sites (tertiary alicyclic amines) is 1. The van der Waals surface area contributed by atoms with Crippen molar-refractivity contribution in [3.8, 4) is 11.5 Å². The van der Waals surface area contributed by atoms with Crippen molar-refractivity contribution in [3.05, 3.63) is 95.6 Å². The van der Waals surface area contributed by atoms with Gasteiger partial charge in [-0.2, -0.15) is 0 Å². The molecule has 3 aromatic carbocycles. The summed E-state index contributed by atoms with van der Waals surface area (Å²) in [6.07, 6.45) is 0.224. The molecule has 0 radical (unpaired) electrons. The molecule has 1 fully saturated rings. The van der Waals surface area contributed by atoms with Crippen LogP contribution < -0.4 is 66.7 Å². The van der Waals surface area contributed by atoms with Crippen LogP contribution >= 0.6 is 0 Å². The predicted molar refractivity (Wildman–Crippen MR) is 300 cm³/mol. The van der Waals surface area contributed by atoms with Crippen molar-refractivity contribution < 1.29 is 53.4 Å². The number of phenolic OH excluding ortho intramolecular Hbond substituents is 2. The second-order valence-electron chi connectivity index (χ2n) is 20.2. The van der Waals surface area contributed by atoms with Gasteiger partial charge in [0, 0.05) is 32.6 Å². The fourth-order valence-corrected chi connectivity index (χ4v) is 8.95. The van der Waals surface area contributed by atoms with Crippen molar-refractivity contribution >= 4 is 65.1 Å². The van der Waals surface area contributed by atoms with Crippen LogP contribution in [0.25, 0.3) is 0 Å². The number of carbonyl (C=O) groups is 9. The van der Waals surface area contributed by atoms with E-state index in [9.17, 15) is 53.4 Å². The number of rotatable bonds is 32. The second kappa shape index (κ2) is 32.2. The molecule has 1 heterocycles. The topological polar surface area (TPSA) is 468 Å². The van der Waals surface area contributed by atoms with Crippen LogP contribution in [0.3, 0.4) is 0 Å². The molecule has 4 rings (SSSR count). The number of nitrogens with one attached hydrogen (secondary N) is 5. The Balaban J connectivity index is 1.63. The summed E-state index contributed by atoms with van der Waals surface area (Å²) in [5, 5.41) is 33.2. The van der Waals surface area contributed by atoms with Crippen LogP contribution in [0, 0.1) is 5.92 Å². The van der Waals surface area contributed by atoms with Gasteiger partial charge in [-0.25, -0.2) is 0 Å². The Labute approximate surface area is 469 Å². The Morgan fingerprint density at radius 3 is 1.72 bits per heavy atom. The van der Waals surface area contributed by atoms with Crippen LogP contribution in [0.2, 0.25) is 0 Å². The van der Waals surface area contributed by atoms with E-state index in [0.717, 1.165) is 0 Å². The minimum absolute atomic E-state index is 0.0110. The smallest absolute Gasteiger partial charge is 0.245 e. The van der Waals surface area contributed by atoms with Crippen LogP contribution in [0.15, 0.2) is 88.8 Å². The second-order valence-corrected chi connectivity index (χ2v) is 20.2. The minimum atomic E-state index is -1.50. The highest BCUT2D eigenvalue weighted by Gasteiger charge is 2.40. The Hall–Kier alpha value is -9.01. The number of primary amides is 2. The van der Waals surface area contributed by atoms with E-state index in [-0.39, 0.29) is 107 Å². The molecule has 0 unspecified atom stereocenters. The molecule has 9 amide bonds. The van der Waals surface area contributed by atoms with Gasteiger partial charge in [0.15, 0.2) is 11.9 Å². The number of hydrogen-bond donors (Lipinski definition) is 14. The first-order valence-corrected chi connectivity index (χ1v) is 26.5. The number of carbonyl (C=O) groups excluding carboxylic acids is 9. The lowest BCUT2D eigenvalue weighted by Gasteiger charge is -2.32. The summed E-state index contributed by atoms with van der Waals surface area (Å²) in [6.45, 7) is 2.93. The number of nitrogens with zero attached hydrogens (tertiary/aromatic N) is 4. The van der Waals surface area contributed by atoms with Crippen molar-refractivity contribution in [2.75, 3.05) is 26.2 Å². The molecule has 1 aliphatic rings. The van der Waals surface area contributed by atoms with Gasteiger partial charge in [-0.1, -0.05) is 68.4 Å². The predicted octanol–water partition coefficient (Wildman–Crippen LogP) is -2.83. The van der Waals surface area contributed by atoms with Crippen LogP contribution in [0.1, 0.15) is 81.9 Å². The maximum atomic E-state index is 15.0. The maximum Gasteiger partial charge on any atom is 0.245 e. The van der Waals surface area contributed by atoms with Gasteiger partial charge in [0.2, 0.25) is 53.2 Å². The highest BCUT2D eigenvalue weighted by Crippen LogP contribution is 2.22. The lowest BCUT2D eigenvalue weighted by molar-refractivity contribution is -0.144. The summed E-state index contributed by atoms with van der Waals surface area (Å²) in [5.41, 5.74) is 40.9. The zero-order valence-electron chi connectivity index (χ0n) is 45.6. The number of aliphatic imine (C=N–C) groups is 2. The average Bonchev–Trinajstić information content (AvgIpc) is 3.91. The number of benzene rings is 3. The van der Waals surface area contributed by atoms with Crippen molar-refractivity contribution in [2.45, 2.75) is 127 Å². The first-order valence-electron chi connectivity index (χ1n) is 26.5.